The zero-order valence-electron chi connectivity index (χ0n) is 16.2. The van der Waals surface area contributed by atoms with Gasteiger partial charge in [0.2, 0.25) is 0 Å². The molecule has 0 aromatic carbocycles. The molecule has 2 aromatic rings. The number of hydrogen-bond acceptors (Lipinski definition) is 7. The van der Waals surface area contributed by atoms with Crippen molar-refractivity contribution in [2.75, 3.05) is 37.7 Å². The van der Waals surface area contributed by atoms with Crippen LogP contribution in [0.2, 0.25) is 0 Å². The topological polar surface area (TPSA) is 78.5 Å². The van der Waals surface area contributed by atoms with E-state index < -0.39 is 0 Å². The molecule has 1 fully saturated rings. The summed E-state index contributed by atoms with van der Waals surface area (Å²) in [6, 6.07) is -0.254. The maximum Gasteiger partial charge on any atom is 0.340 e. The number of Topliss-reactive ketones (excluding diaryl/α,β-unsaturated/α-hetero) is 1. The molecule has 7 nitrogen and oxygen atoms in total. The molecule has 0 spiro atoms. The lowest BCUT2D eigenvalue weighted by atomic mass is 10.0. The Bertz CT molecular complexity index is 807. The van der Waals surface area contributed by atoms with Crippen LogP contribution < -0.4 is 4.90 Å². The van der Waals surface area contributed by atoms with Crippen LogP contribution in [0.1, 0.15) is 46.0 Å². The minimum absolute atomic E-state index is 0.00819. The summed E-state index contributed by atoms with van der Waals surface area (Å²) in [5.74, 6) is -0.374. The molecule has 3 rings (SSSR count). The van der Waals surface area contributed by atoms with E-state index in [2.05, 4.69) is 19.8 Å². The van der Waals surface area contributed by atoms with Gasteiger partial charge in [-0.1, -0.05) is 0 Å². The van der Waals surface area contributed by atoms with Crippen molar-refractivity contribution in [3.05, 3.63) is 34.1 Å². The predicted molar refractivity (Wildman–Crippen MR) is 106 cm³/mol. The number of nitrogens with one attached hydrogen (secondary N) is 1. The maximum atomic E-state index is 13.1. The van der Waals surface area contributed by atoms with E-state index in [4.69, 9.17) is 4.74 Å². The highest BCUT2D eigenvalue weighted by Gasteiger charge is 2.30. The number of rotatable bonds is 6. The zero-order chi connectivity index (χ0) is 19.6. The fourth-order valence-corrected chi connectivity index (χ4v) is 4.25. The molecular formula is C19H26N4O3S. The molecule has 146 valence electrons. The number of esters is 1. The Labute approximate surface area is 163 Å². The second kappa shape index (κ2) is 8.22. The van der Waals surface area contributed by atoms with E-state index in [0.717, 1.165) is 31.3 Å². The molecule has 1 unspecified atom stereocenters. The third kappa shape index (κ3) is 3.91. The first kappa shape index (κ1) is 19.6. The molecule has 0 saturated carbocycles. The highest BCUT2D eigenvalue weighted by Crippen LogP contribution is 2.23. The highest BCUT2D eigenvalue weighted by molar-refractivity contribution is 7.13. The van der Waals surface area contributed by atoms with Crippen LogP contribution in [-0.2, 0) is 4.74 Å². The first-order valence-electron chi connectivity index (χ1n) is 9.23. The number of ketones is 1. The van der Waals surface area contributed by atoms with Gasteiger partial charge in [-0.3, -0.25) is 9.69 Å². The summed E-state index contributed by atoms with van der Waals surface area (Å²) in [6.07, 6.45) is 1.82. The third-order valence-electron chi connectivity index (χ3n) is 5.09. The number of aromatic nitrogens is 2. The van der Waals surface area contributed by atoms with Crippen LogP contribution in [0.15, 0.2) is 11.6 Å². The van der Waals surface area contributed by atoms with E-state index in [1.54, 1.807) is 32.1 Å². The predicted octanol–water partition coefficient (Wildman–Crippen LogP) is 2.66. The van der Waals surface area contributed by atoms with E-state index in [0.29, 0.717) is 29.1 Å². The summed E-state index contributed by atoms with van der Waals surface area (Å²) in [7, 11) is 0. The molecule has 27 heavy (non-hydrogen) atoms. The van der Waals surface area contributed by atoms with Gasteiger partial charge in [0, 0.05) is 43.4 Å². The van der Waals surface area contributed by atoms with Crippen molar-refractivity contribution in [3.63, 3.8) is 0 Å². The van der Waals surface area contributed by atoms with Crippen LogP contribution in [0, 0.1) is 13.8 Å². The fraction of sp³-hybridized carbons (Fsp3) is 0.526. The average Bonchev–Trinajstić information content (AvgIpc) is 3.29. The fourth-order valence-electron chi connectivity index (χ4n) is 3.55. The van der Waals surface area contributed by atoms with Crippen molar-refractivity contribution in [3.8, 4) is 0 Å². The van der Waals surface area contributed by atoms with Gasteiger partial charge in [0.1, 0.15) is 0 Å². The Balaban J connectivity index is 1.69. The molecule has 0 aliphatic carbocycles. The number of carbonyl (C=O) groups excluding carboxylic acids is 2. The smallest absolute Gasteiger partial charge is 0.340 e. The maximum absolute atomic E-state index is 13.1. The van der Waals surface area contributed by atoms with Gasteiger partial charge in [0.05, 0.1) is 23.9 Å². The molecule has 1 aliphatic rings. The van der Waals surface area contributed by atoms with Gasteiger partial charge in [-0.2, -0.15) is 0 Å². The number of aryl methyl sites for hydroxylation is 1. The Hall–Kier alpha value is -2.19. The largest absolute Gasteiger partial charge is 0.462 e. The number of ether oxygens (including phenoxy) is 1. The quantitative estimate of drug-likeness (QED) is 0.603. The number of anilines is 1. The lowest BCUT2D eigenvalue weighted by Gasteiger charge is -2.37. The summed E-state index contributed by atoms with van der Waals surface area (Å²) in [4.78, 5) is 37.1. The van der Waals surface area contributed by atoms with Crippen LogP contribution in [-0.4, -0.2) is 65.4 Å². The van der Waals surface area contributed by atoms with E-state index in [-0.39, 0.29) is 17.8 Å². The van der Waals surface area contributed by atoms with Crippen molar-refractivity contribution in [1.29, 1.82) is 0 Å². The molecule has 3 heterocycles. The first-order valence-corrected chi connectivity index (χ1v) is 10.1. The molecular weight excluding hydrogens is 364 g/mol. The van der Waals surface area contributed by atoms with Gasteiger partial charge in [0.15, 0.2) is 10.9 Å². The van der Waals surface area contributed by atoms with E-state index in [9.17, 15) is 9.59 Å². The summed E-state index contributed by atoms with van der Waals surface area (Å²) >= 11 is 1.64. The number of thiazole rings is 1. The van der Waals surface area contributed by atoms with Gasteiger partial charge >= 0.3 is 5.97 Å². The highest BCUT2D eigenvalue weighted by atomic mass is 32.1. The van der Waals surface area contributed by atoms with E-state index in [1.165, 1.54) is 0 Å². The number of nitrogens with zero attached hydrogens (tertiary/aromatic N) is 3. The van der Waals surface area contributed by atoms with Gasteiger partial charge in [-0.25, -0.2) is 9.78 Å². The molecule has 8 heteroatoms. The van der Waals surface area contributed by atoms with Crippen LogP contribution in [0.4, 0.5) is 5.13 Å². The standard InChI is InChI=1S/C19H26N4O3S/c1-5-26-18(25)15-12(2)16(21-13(15)3)17(24)14(4)22-7-9-23(10-8-22)19-20-6-11-27-19/h6,11,14,21H,5,7-10H2,1-4H3. The van der Waals surface area contributed by atoms with Crippen LogP contribution >= 0.6 is 11.3 Å². The molecule has 2 aromatic heterocycles. The van der Waals surface area contributed by atoms with Crippen molar-refractivity contribution in [1.82, 2.24) is 14.9 Å². The average molecular weight is 391 g/mol. The van der Waals surface area contributed by atoms with Crippen LogP contribution in [0.3, 0.4) is 0 Å². The van der Waals surface area contributed by atoms with Crippen molar-refractivity contribution < 1.29 is 14.3 Å². The second-order valence-electron chi connectivity index (χ2n) is 6.72. The summed E-state index contributed by atoms with van der Waals surface area (Å²) in [6.45, 7) is 10.9. The van der Waals surface area contributed by atoms with Gasteiger partial charge in [-0.05, 0) is 33.3 Å². The lowest BCUT2D eigenvalue weighted by Crippen LogP contribution is -2.51. The van der Waals surface area contributed by atoms with Crippen LogP contribution in [0.5, 0.6) is 0 Å². The normalized spacial score (nSPS) is 16.4. The Kier molecular flexibility index (Phi) is 5.96. The Morgan fingerprint density at radius 3 is 2.59 bits per heavy atom. The number of piperazine rings is 1. The van der Waals surface area contributed by atoms with Gasteiger partial charge in [-0.15, -0.1) is 11.3 Å². The molecule has 0 bridgehead atoms. The molecule has 1 saturated heterocycles. The first-order chi connectivity index (χ1) is 12.9. The second-order valence-corrected chi connectivity index (χ2v) is 7.60. The number of aromatic amines is 1. The molecule has 1 N–H and O–H groups in total. The monoisotopic (exact) mass is 390 g/mol. The summed E-state index contributed by atoms with van der Waals surface area (Å²) in [5, 5.41) is 3.01. The minimum Gasteiger partial charge on any atom is -0.462 e. The Morgan fingerprint density at radius 1 is 1.30 bits per heavy atom. The molecule has 0 amide bonds. The van der Waals surface area contributed by atoms with Crippen molar-refractivity contribution in [2.24, 2.45) is 0 Å². The lowest BCUT2D eigenvalue weighted by molar-refractivity contribution is 0.0525. The van der Waals surface area contributed by atoms with Crippen LogP contribution in [0.25, 0.3) is 0 Å². The third-order valence-corrected chi connectivity index (χ3v) is 5.93. The molecule has 0 radical (unpaired) electrons. The minimum atomic E-state index is -0.382. The number of H-pyrrole nitrogens is 1. The molecule has 1 aliphatic heterocycles. The summed E-state index contributed by atoms with van der Waals surface area (Å²) in [5.41, 5.74) is 2.32. The zero-order valence-corrected chi connectivity index (χ0v) is 17.1. The summed E-state index contributed by atoms with van der Waals surface area (Å²) < 4.78 is 5.12. The molecule has 1 atom stereocenters. The number of carbonyl (C=O) groups is 2. The van der Waals surface area contributed by atoms with E-state index >= 15 is 0 Å². The SMILES string of the molecule is CCOC(=O)c1c(C)[nH]c(C(=O)C(C)N2CCN(c3nccs3)CC2)c1C. The van der Waals surface area contributed by atoms with Gasteiger partial charge in [0.25, 0.3) is 0 Å². The Morgan fingerprint density at radius 2 is 2.00 bits per heavy atom. The number of hydrogen-bond donors (Lipinski definition) is 1. The van der Waals surface area contributed by atoms with Crippen molar-refractivity contribution >= 4 is 28.2 Å². The van der Waals surface area contributed by atoms with Gasteiger partial charge < -0.3 is 14.6 Å². The van der Waals surface area contributed by atoms with Crippen molar-refractivity contribution in [2.45, 2.75) is 33.7 Å². The van der Waals surface area contributed by atoms with E-state index in [1.807, 2.05) is 18.5 Å².